The molecule has 0 aromatic carbocycles. The maximum absolute atomic E-state index is 2.53. The molecule has 0 N–H and O–H groups in total. The average Bonchev–Trinajstić information content (AvgIpc) is 2.75. The fourth-order valence-corrected chi connectivity index (χ4v) is 10.2. The van der Waals surface area contributed by atoms with E-state index in [1.807, 2.05) is 0 Å². The minimum atomic E-state index is 0. The third-order valence-electron chi connectivity index (χ3n) is 7.40. The van der Waals surface area contributed by atoms with Gasteiger partial charge in [0.25, 0.3) is 0 Å². The first-order valence-corrected chi connectivity index (χ1v) is 17.4. The van der Waals surface area contributed by atoms with Crippen molar-refractivity contribution in [2.75, 3.05) is 12.3 Å². The predicted octanol–water partition coefficient (Wildman–Crippen LogP) is 10.8. The number of rotatable bonds is 10. The maximum atomic E-state index is 2.53. The zero-order valence-electron chi connectivity index (χ0n) is 23.5. The Balaban J connectivity index is 0.000000602. The normalized spacial score (nSPS) is 18.8. The van der Waals surface area contributed by atoms with Gasteiger partial charge in [-0.3, -0.25) is 0 Å². The zero-order chi connectivity index (χ0) is 23.9. The third kappa shape index (κ3) is 15.7. The Kier molecular flexibility index (Phi) is 20.7. The molecule has 0 aromatic rings. The molecule has 0 aliphatic heterocycles. The van der Waals surface area contributed by atoms with Crippen LogP contribution in [0.3, 0.4) is 0 Å². The second-order valence-corrected chi connectivity index (χ2v) is 18.3. The van der Waals surface area contributed by atoms with Gasteiger partial charge < -0.3 is 0 Å². The molecule has 0 unspecified atom stereocenters. The van der Waals surface area contributed by atoms with Crippen LogP contribution in [0, 0.1) is 11.8 Å². The Morgan fingerprint density at radius 3 is 1.03 bits per heavy atom. The average molecular weight is 587 g/mol. The second-order valence-electron chi connectivity index (χ2n) is 11.4. The monoisotopic (exact) mass is 586 g/mol. The predicted molar refractivity (Wildman–Crippen MR) is 156 cm³/mol. The summed E-state index contributed by atoms with van der Waals surface area (Å²) in [5.41, 5.74) is 3.52. The van der Waals surface area contributed by atoms with Gasteiger partial charge in [0, 0.05) is 20.4 Å². The quantitative estimate of drug-likeness (QED) is 0.136. The molecule has 0 nitrogen and oxygen atoms in total. The van der Waals surface area contributed by atoms with Gasteiger partial charge in [-0.05, 0) is 72.5 Å². The van der Waals surface area contributed by atoms with E-state index in [1.54, 1.807) is 0 Å². The van der Waals surface area contributed by atoms with Crippen molar-refractivity contribution in [3.8, 4) is 0 Å². The Morgan fingerprint density at radius 2 is 0.788 bits per heavy atom. The van der Waals surface area contributed by atoms with Gasteiger partial charge in [-0.25, -0.2) is 0 Å². The molecule has 0 spiro atoms. The third-order valence-corrected chi connectivity index (χ3v) is 14.0. The summed E-state index contributed by atoms with van der Waals surface area (Å²) in [6.07, 6.45) is 27.3. The van der Waals surface area contributed by atoms with Gasteiger partial charge in [-0.2, -0.15) is 0 Å². The van der Waals surface area contributed by atoms with E-state index in [4.69, 9.17) is 0 Å². The topological polar surface area (TPSA) is 0 Å². The molecule has 2 fully saturated rings. The van der Waals surface area contributed by atoms with Crippen molar-refractivity contribution in [1.82, 2.24) is 0 Å². The summed E-state index contributed by atoms with van der Waals surface area (Å²) in [4.78, 5) is 0. The van der Waals surface area contributed by atoms with Crippen molar-refractivity contribution in [3.63, 3.8) is 0 Å². The largest absolute Gasteiger partial charge is 0.0976 e. The Hall–Kier alpha value is 1.00. The van der Waals surface area contributed by atoms with E-state index in [1.165, 1.54) is 76.5 Å². The second kappa shape index (κ2) is 20.1. The molecule has 2 aliphatic carbocycles. The van der Waals surface area contributed by atoms with E-state index >= 15 is 0 Å². The smallest absolute Gasteiger partial charge is 0 e. The minimum absolute atomic E-state index is 0. The van der Waals surface area contributed by atoms with Crippen LogP contribution in [0.5, 0.6) is 0 Å². The summed E-state index contributed by atoms with van der Waals surface area (Å²) in [5, 5.41) is 0. The van der Waals surface area contributed by atoms with E-state index in [0.29, 0.717) is 0 Å². The van der Waals surface area contributed by atoms with Crippen LogP contribution in [-0.2, 0) is 20.4 Å². The van der Waals surface area contributed by atoms with E-state index in [0.717, 1.165) is 34.5 Å². The molecular weight excluding hydrogens is 529 g/mol. The van der Waals surface area contributed by atoms with Crippen LogP contribution < -0.4 is 0 Å². The first-order valence-electron chi connectivity index (χ1n) is 14.1. The summed E-state index contributed by atoms with van der Waals surface area (Å²) in [7, 11) is 0.415. The molecule has 0 saturated heterocycles. The fourth-order valence-electron chi connectivity index (χ4n) is 5.44. The molecular formula is C30H58P2Pd. The molecule has 2 rings (SSSR count). The number of hydrogen-bond donors (Lipinski definition) is 0. The first-order chi connectivity index (χ1) is 15.2. The molecule has 2 aliphatic rings. The van der Waals surface area contributed by atoms with E-state index in [9.17, 15) is 0 Å². The number of hydrogen-bond acceptors (Lipinski definition) is 0. The molecule has 2 saturated carbocycles. The summed E-state index contributed by atoms with van der Waals surface area (Å²) >= 11 is 0. The number of allylic oxidation sites excluding steroid dienone is 4. The Morgan fingerprint density at radius 1 is 0.515 bits per heavy atom. The van der Waals surface area contributed by atoms with Gasteiger partial charge in [-0.1, -0.05) is 134 Å². The molecule has 0 bridgehead atoms. The molecule has 0 heterocycles. The van der Waals surface area contributed by atoms with Crippen molar-refractivity contribution in [2.24, 2.45) is 11.8 Å². The van der Waals surface area contributed by atoms with Crippen molar-refractivity contribution < 1.29 is 20.4 Å². The van der Waals surface area contributed by atoms with Crippen molar-refractivity contribution in [1.29, 1.82) is 0 Å². The molecule has 0 radical (unpaired) electrons. The minimum Gasteiger partial charge on any atom is -0.0976 e. The molecule has 0 amide bonds. The van der Waals surface area contributed by atoms with Crippen LogP contribution in [-0.4, -0.2) is 35.0 Å². The van der Waals surface area contributed by atoms with Gasteiger partial charge in [0.1, 0.15) is 0 Å². The fraction of sp³-hybridized carbons (Fsp3) is 0.867. The van der Waals surface area contributed by atoms with Gasteiger partial charge in [0.2, 0.25) is 0 Å². The van der Waals surface area contributed by atoms with E-state index < -0.39 is 0 Å². The summed E-state index contributed by atoms with van der Waals surface area (Å²) in [6, 6.07) is 0. The van der Waals surface area contributed by atoms with Crippen molar-refractivity contribution in [2.45, 2.75) is 142 Å². The van der Waals surface area contributed by atoms with Crippen LogP contribution in [0.25, 0.3) is 0 Å². The maximum Gasteiger partial charge on any atom is 0 e. The van der Waals surface area contributed by atoms with Gasteiger partial charge in [0.15, 0.2) is 0 Å². The van der Waals surface area contributed by atoms with Crippen molar-refractivity contribution >= 4 is 15.8 Å². The zero-order valence-corrected chi connectivity index (χ0v) is 26.8. The van der Waals surface area contributed by atoms with Gasteiger partial charge >= 0.3 is 0 Å². The summed E-state index contributed by atoms with van der Waals surface area (Å²) < 4.78 is 0. The van der Waals surface area contributed by atoms with Crippen LogP contribution >= 0.6 is 15.8 Å². The summed E-state index contributed by atoms with van der Waals surface area (Å²) in [6.45, 7) is 19.1. The Bertz CT molecular complexity index is 435. The van der Waals surface area contributed by atoms with E-state index in [2.05, 4.69) is 79.7 Å². The Labute approximate surface area is 226 Å². The van der Waals surface area contributed by atoms with Gasteiger partial charge in [-0.15, -0.1) is 0 Å². The van der Waals surface area contributed by atoms with Crippen LogP contribution in [0.1, 0.15) is 120 Å². The SMILES string of the molecule is CC(C)P(CC=CC1CCCCC1)C(C)C.CC(C)P(CC=CC1CCCCC1)C(C)C.[Pd]. The summed E-state index contributed by atoms with van der Waals surface area (Å²) in [5.74, 6) is 1.81. The van der Waals surface area contributed by atoms with E-state index in [-0.39, 0.29) is 36.3 Å². The van der Waals surface area contributed by atoms with Crippen molar-refractivity contribution in [3.05, 3.63) is 24.3 Å². The molecule has 3 heteroatoms. The van der Waals surface area contributed by atoms with Crippen LogP contribution in [0.4, 0.5) is 0 Å². The van der Waals surface area contributed by atoms with Crippen LogP contribution in [0.2, 0.25) is 0 Å². The molecule has 198 valence electrons. The van der Waals surface area contributed by atoms with Gasteiger partial charge in [0.05, 0.1) is 0 Å². The molecule has 0 atom stereocenters. The standard InChI is InChI=1S/2C15H29P.Pd/c2*1-13(2)16(14(3)4)12-8-11-15-9-6-5-7-10-15;/h2*8,11,13-15H,5-7,9-10,12H2,1-4H3;. The first kappa shape index (κ1) is 34.0. The van der Waals surface area contributed by atoms with Crippen LogP contribution in [0.15, 0.2) is 24.3 Å². The molecule has 33 heavy (non-hydrogen) atoms. The molecule has 0 aromatic heterocycles.